The highest BCUT2D eigenvalue weighted by atomic mass is 79.9. The van der Waals surface area contributed by atoms with E-state index in [0.717, 1.165) is 26.9 Å². The monoisotopic (exact) mass is 369 g/mol. The van der Waals surface area contributed by atoms with Crippen LogP contribution in [0.5, 0.6) is 0 Å². The van der Waals surface area contributed by atoms with Crippen molar-refractivity contribution < 1.29 is 4.79 Å². The second-order valence-electron chi connectivity index (χ2n) is 5.10. The van der Waals surface area contributed by atoms with Gasteiger partial charge in [0.05, 0.1) is 11.0 Å². The Balaban J connectivity index is 1.52. The quantitative estimate of drug-likeness (QED) is 0.673. The predicted octanol–water partition coefficient (Wildman–Crippen LogP) is 3.70. The standard InChI is InChI=1S/C18H16BrN3O/c19-14-6-2-1-5-13(14)9-10-18(23)20-12-11-17-21-15-7-3-4-8-16(15)22-17/h1-10H,11-12H2,(H,20,23)(H,21,22)/b10-9+. The molecule has 0 aliphatic heterocycles. The molecule has 3 aromatic rings. The first-order valence-electron chi connectivity index (χ1n) is 7.36. The number of benzene rings is 2. The van der Waals surface area contributed by atoms with Gasteiger partial charge < -0.3 is 10.3 Å². The Kier molecular flexibility index (Phi) is 4.88. The van der Waals surface area contributed by atoms with E-state index in [1.807, 2.05) is 48.5 Å². The van der Waals surface area contributed by atoms with E-state index in [1.165, 1.54) is 0 Å². The van der Waals surface area contributed by atoms with Crippen molar-refractivity contribution in [2.45, 2.75) is 6.42 Å². The van der Waals surface area contributed by atoms with Crippen molar-refractivity contribution >= 4 is 38.9 Å². The van der Waals surface area contributed by atoms with Gasteiger partial charge >= 0.3 is 0 Å². The number of amides is 1. The summed E-state index contributed by atoms with van der Waals surface area (Å²) in [7, 11) is 0. The highest BCUT2D eigenvalue weighted by molar-refractivity contribution is 9.10. The molecule has 2 N–H and O–H groups in total. The van der Waals surface area contributed by atoms with Crippen LogP contribution < -0.4 is 5.32 Å². The van der Waals surface area contributed by atoms with Gasteiger partial charge in [-0.05, 0) is 29.8 Å². The fourth-order valence-electron chi connectivity index (χ4n) is 2.26. The molecule has 23 heavy (non-hydrogen) atoms. The van der Waals surface area contributed by atoms with Crippen LogP contribution in [0.15, 0.2) is 59.1 Å². The number of imidazole rings is 1. The van der Waals surface area contributed by atoms with Gasteiger partial charge in [0.2, 0.25) is 5.91 Å². The van der Waals surface area contributed by atoms with E-state index < -0.39 is 0 Å². The molecule has 1 aromatic heterocycles. The minimum Gasteiger partial charge on any atom is -0.352 e. The average molecular weight is 370 g/mol. The van der Waals surface area contributed by atoms with Crippen molar-refractivity contribution in [3.63, 3.8) is 0 Å². The minimum atomic E-state index is -0.114. The number of carbonyl (C=O) groups is 1. The van der Waals surface area contributed by atoms with Gasteiger partial charge in [-0.15, -0.1) is 0 Å². The highest BCUT2D eigenvalue weighted by Crippen LogP contribution is 2.16. The lowest BCUT2D eigenvalue weighted by atomic mass is 10.2. The Hall–Kier alpha value is -2.40. The van der Waals surface area contributed by atoms with Gasteiger partial charge in [-0.25, -0.2) is 4.98 Å². The summed E-state index contributed by atoms with van der Waals surface area (Å²) in [6, 6.07) is 15.7. The first-order valence-corrected chi connectivity index (χ1v) is 8.16. The van der Waals surface area contributed by atoms with Gasteiger partial charge in [0.15, 0.2) is 0 Å². The van der Waals surface area contributed by atoms with Crippen molar-refractivity contribution in [2.75, 3.05) is 6.54 Å². The summed E-state index contributed by atoms with van der Waals surface area (Å²) in [5.41, 5.74) is 2.94. The number of rotatable bonds is 5. The number of H-pyrrole nitrogens is 1. The predicted molar refractivity (Wildman–Crippen MR) is 96.0 cm³/mol. The third-order valence-corrected chi connectivity index (χ3v) is 4.14. The molecule has 5 heteroatoms. The van der Waals surface area contributed by atoms with Crippen LogP contribution in [-0.2, 0) is 11.2 Å². The molecule has 0 fully saturated rings. The molecule has 0 aliphatic carbocycles. The van der Waals surface area contributed by atoms with E-state index in [4.69, 9.17) is 0 Å². The SMILES string of the molecule is O=C(/C=C/c1ccccc1Br)NCCc1nc2ccccc2[nH]1. The van der Waals surface area contributed by atoms with Crippen LogP contribution in [0.3, 0.4) is 0 Å². The third kappa shape index (κ3) is 4.07. The van der Waals surface area contributed by atoms with E-state index in [0.29, 0.717) is 13.0 Å². The van der Waals surface area contributed by atoms with Crippen LogP contribution in [0.4, 0.5) is 0 Å². The van der Waals surface area contributed by atoms with E-state index in [9.17, 15) is 4.79 Å². The molecular weight excluding hydrogens is 354 g/mol. The summed E-state index contributed by atoms with van der Waals surface area (Å²) < 4.78 is 0.964. The Morgan fingerprint density at radius 3 is 2.78 bits per heavy atom. The van der Waals surface area contributed by atoms with Crippen LogP contribution in [-0.4, -0.2) is 22.4 Å². The van der Waals surface area contributed by atoms with Gasteiger partial charge in [0.1, 0.15) is 5.82 Å². The van der Waals surface area contributed by atoms with Crippen LogP contribution >= 0.6 is 15.9 Å². The van der Waals surface area contributed by atoms with E-state index >= 15 is 0 Å². The number of nitrogens with zero attached hydrogens (tertiary/aromatic N) is 1. The van der Waals surface area contributed by atoms with Gasteiger partial charge in [-0.1, -0.05) is 46.3 Å². The number of aromatic nitrogens is 2. The molecule has 0 radical (unpaired) electrons. The van der Waals surface area contributed by atoms with Gasteiger partial charge in [-0.2, -0.15) is 0 Å². The molecular formula is C18H16BrN3O. The number of fused-ring (bicyclic) bond motifs is 1. The highest BCUT2D eigenvalue weighted by Gasteiger charge is 2.02. The van der Waals surface area contributed by atoms with Crippen molar-refractivity contribution in [2.24, 2.45) is 0 Å². The second kappa shape index (κ2) is 7.24. The maximum atomic E-state index is 11.8. The molecule has 4 nitrogen and oxygen atoms in total. The smallest absolute Gasteiger partial charge is 0.244 e. The van der Waals surface area contributed by atoms with Crippen LogP contribution in [0.1, 0.15) is 11.4 Å². The van der Waals surface area contributed by atoms with Crippen LogP contribution in [0.25, 0.3) is 17.1 Å². The molecule has 0 saturated heterocycles. The lowest BCUT2D eigenvalue weighted by molar-refractivity contribution is -0.116. The topological polar surface area (TPSA) is 57.8 Å². The number of aromatic amines is 1. The lowest BCUT2D eigenvalue weighted by Crippen LogP contribution is -2.23. The fourth-order valence-corrected chi connectivity index (χ4v) is 2.68. The van der Waals surface area contributed by atoms with E-state index in [-0.39, 0.29) is 5.91 Å². The Bertz CT molecular complexity index is 821. The van der Waals surface area contributed by atoms with Gasteiger partial charge in [-0.3, -0.25) is 4.79 Å². The maximum Gasteiger partial charge on any atom is 0.244 e. The molecule has 1 amide bonds. The first kappa shape index (κ1) is 15.5. The molecule has 0 saturated carbocycles. The number of hydrogen-bond acceptors (Lipinski definition) is 2. The number of halogens is 1. The Morgan fingerprint density at radius 2 is 1.96 bits per heavy atom. The first-order chi connectivity index (χ1) is 11.2. The van der Waals surface area contributed by atoms with Crippen LogP contribution in [0, 0.1) is 0 Å². The molecule has 2 aromatic carbocycles. The largest absolute Gasteiger partial charge is 0.352 e. The Morgan fingerprint density at radius 1 is 1.17 bits per heavy atom. The van der Waals surface area contributed by atoms with E-state index in [2.05, 4.69) is 31.2 Å². The zero-order valence-electron chi connectivity index (χ0n) is 12.4. The van der Waals surface area contributed by atoms with Crippen molar-refractivity contribution in [1.29, 1.82) is 0 Å². The second-order valence-corrected chi connectivity index (χ2v) is 5.95. The van der Waals surface area contributed by atoms with Gasteiger partial charge in [0, 0.05) is 23.5 Å². The summed E-state index contributed by atoms with van der Waals surface area (Å²) in [5.74, 6) is 0.762. The maximum absolute atomic E-state index is 11.8. The molecule has 0 atom stereocenters. The normalized spacial score (nSPS) is 11.2. The fraction of sp³-hybridized carbons (Fsp3) is 0.111. The van der Waals surface area contributed by atoms with Crippen molar-refractivity contribution in [3.8, 4) is 0 Å². The Labute approximate surface area is 142 Å². The molecule has 116 valence electrons. The summed E-state index contributed by atoms with van der Waals surface area (Å²) >= 11 is 3.45. The number of hydrogen-bond donors (Lipinski definition) is 2. The van der Waals surface area contributed by atoms with Crippen molar-refractivity contribution in [3.05, 3.63) is 70.5 Å². The number of carbonyl (C=O) groups excluding carboxylic acids is 1. The zero-order chi connectivity index (χ0) is 16.1. The van der Waals surface area contributed by atoms with Crippen molar-refractivity contribution in [1.82, 2.24) is 15.3 Å². The lowest BCUT2D eigenvalue weighted by Gasteiger charge is -2.00. The third-order valence-electron chi connectivity index (χ3n) is 3.42. The van der Waals surface area contributed by atoms with Crippen LogP contribution in [0.2, 0.25) is 0 Å². The molecule has 1 heterocycles. The molecule has 0 aliphatic rings. The zero-order valence-corrected chi connectivity index (χ0v) is 14.0. The molecule has 0 bridgehead atoms. The number of nitrogens with one attached hydrogen (secondary N) is 2. The number of para-hydroxylation sites is 2. The molecule has 0 spiro atoms. The molecule has 0 unspecified atom stereocenters. The average Bonchev–Trinajstić information content (AvgIpc) is 2.97. The summed E-state index contributed by atoms with van der Waals surface area (Å²) in [5, 5.41) is 2.86. The van der Waals surface area contributed by atoms with E-state index in [1.54, 1.807) is 12.2 Å². The van der Waals surface area contributed by atoms with Gasteiger partial charge in [0.25, 0.3) is 0 Å². The molecule has 3 rings (SSSR count). The minimum absolute atomic E-state index is 0.114. The summed E-state index contributed by atoms with van der Waals surface area (Å²) in [4.78, 5) is 19.6. The summed E-state index contributed by atoms with van der Waals surface area (Å²) in [6.45, 7) is 0.541. The summed E-state index contributed by atoms with van der Waals surface area (Å²) in [6.07, 6.45) is 4.00.